The first-order valence-corrected chi connectivity index (χ1v) is 51.3. The maximum atomic E-state index is 11.3. The molecule has 24 rings (SSSR count). The molecule has 12 aromatic rings. The number of hydrogen-bond acceptors (Lipinski definition) is 22. The van der Waals surface area contributed by atoms with Crippen molar-refractivity contribution in [2.75, 3.05) is 0 Å². The van der Waals surface area contributed by atoms with Crippen LogP contribution >= 0.6 is 0 Å². The number of hydrogen-bond donors (Lipinski definition) is 10. The largest absolute Gasteiger partial charge is 0.393 e. The molecule has 32 nitrogen and oxygen atoms in total. The van der Waals surface area contributed by atoms with E-state index in [4.69, 9.17) is 22.9 Å². The highest BCUT2D eigenvalue weighted by Crippen LogP contribution is 2.50. The molecule has 14 N–H and O–H groups in total. The number of aliphatic hydroxyl groups is 6. The number of imidazole rings is 6. The van der Waals surface area contributed by atoms with Crippen molar-refractivity contribution < 1.29 is 49.8 Å². The van der Waals surface area contributed by atoms with Gasteiger partial charge in [0.25, 0.3) is 0 Å². The third kappa shape index (κ3) is 21.0. The van der Waals surface area contributed by atoms with E-state index >= 15 is 0 Å². The fourth-order valence-corrected chi connectivity index (χ4v) is 25.3. The van der Waals surface area contributed by atoms with Gasteiger partial charge in [0.15, 0.2) is 0 Å². The summed E-state index contributed by atoms with van der Waals surface area (Å²) in [4.78, 5) is 98.0. The van der Waals surface area contributed by atoms with E-state index in [-0.39, 0.29) is 119 Å². The van der Waals surface area contributed by atoms with Crippen molar-refractivity contribution in [2.24, 2.45) is 82.1 Å². The maximum Gasteiger partial charge on any atom is 0.220 e. The number of carbonyl (C=O) groups is 4. The minimum atomic E-state index is -0.410. The van der Waals surface area contributed by atoms with Crippen LogP contribution in [-0.2, 0) is 19.2 Å². The van der Waals surface area contributed by atoms with Crippen LogP contribution in [0.25, 0.3) is 67.5 Å². The molecule has 32 heteroatoms. The van der Waals surface area contributed by atoms with Gasteiger partial charge in [-0.15, -0.1) is 0 Å². The van der Waals surface area contributed by atoms with Gasteiger partial charge in [-0.1, -0.05) is 64.2 Å². The van der Waals surface area contributed by atoms with Crippen molar-refractivity contribution in [1.29, 1.82) is 0 Å². The molecule has 6 aliphatic carbocycles. The number of fused-ring (bicyclic) bond motifs is 18. The highest BCUT2D eigenvalue weighted by molar-refractivity contribution is 5.79. The molecule has 12 atom stereocenters. The van der Waals surface area contributed by atoms with Crippen molar-refractivity contribution in [2.45, 2.75) is 291 Å². The van der Waals surface area contributed by atoms with Crippen LogP contribution in [0.15, 0.2) is 185 Å². The lowest BCUT2D eigenvalue weighted by Gasteiger charge is -2.31. The van der Waals surface area contributed by atoms with Gasteiger partial charge in [-0.05, 0) is 237 Å². The first kappa shape index (κ1) is 96.7. The molecular weight excluding hydrogens is 1770 g/mol. The third-order valence-electron chi connectivity index (χ3n) is 33.0. The molecule has 0 saturated heterocycles. The normalized spacial score (nSPS) is 25.3. The number of nitrogens with zero attached hydrogens (tertiary/aromatic N) is 18. The molecule has 6 aliphatic heterocycles. The maximum absolute atomic E-state index is 11.3. The second-order valence-corrected chi connectivity index (χ2v) is 41.4. The van der Waals surface area contributed by atoms with E-state index in [1.165, 1.54) is 64.2 Å². The Morgan fingerprint density at radius 1 is 0.257 bits per heavy atom. The van der Waals surface area contributed by atoms with Crippen LogP contribution in [0, 0.1) is 59.2 Å². The van der Waals surface area contributed by atoms with Crippen molar-refractivity contribution in [3.8, 4) is 67.5 Å². The standard InChI is InChI=1S/4C18H22N4O2.2C18H23N3O/c4*19-18(24)12-5-3-11(4-6-12)16(23)8-14-17-13(2-1-7-21-17)15-9-20-10-22(14)15;2*22-14(9-13-5-2-1-3-6-13)10-16-18-15(7-4-8-20-18)17-11-19-12-21(16)17/h4*1-2,7,9-12,14,16,23H,3-6,8H2,(H2,19,24);2*4,7-8,11-14,16,22H,1-3,5-6,9-10H2. The van der Waals surface area contributed by atoms with E-state index in [0.29, 0.717) is 37.5 Å². The van der Waals surface area contributed by atoms with Crippen LogP contribution in [0.1, 0.15) is 289 Å². The van der Waals surface area contributed by atoms with Crippen LogP contribution in [0.5, 0.6) is 0 Å². The summed E-state index contributed by atoms with van der Waals surface area (Å²) in [6, 6.07) is 24.5. The van der Waals surface area contributed by atoms with Crippen molar-refractivity contribution in [3.05, 3.63) is 219 Å². The van der Waals surface area contributed by atoms with Gasteiger partial charge in [0.2, 0.25) is 23.6 Å². The van der Waals surface area contributed by atoms with Crippen LogP contribution in [0.4, 0.5) is 0 Å². The zero-order chi connectivity index (χ0) is 96.6. The lowest BCUT2D eigenvalue weighted by molar-refractivity contribution is -0.124. The number of aromatic nitrogens is 18. The summed E-state index contributed by atoms with van der Waals surface area (Å²) in [5, 5.41) is 64.3. The average Bonchev–Trinajstić information content (AvgIpc) is 1.64. The molecule has 0 radical (unpaired) electrons. The first-order chi connectivity index (χ1) is 68.2. The molecule has 12 unspecified atom stereocenters. The highest BCUT2D eigenvalue weighted by atomic mass is 16.3. The first-order valence-electron chi connectivity index (χ1n) is 51.3. The van der Waals surface area contributed by atoms with Gasteiger partial charge >= 0.3 is 0 Å². The Bertz CT molecular complexity index is 5570. The van der Waals surface area contributed by atoms with E-state index in [2.05, 4.69) is 124 Å². The molecule has 0 spiro atoms. The summed E-state index contributed by atoms with van der Waals surface area (Å²) in [6.07, 6.45) is 63.1. The van der Waals surface area contributed by atoms with Crippen LogP contribution in [-0.4, -0.2) is 178 Å². The summed E-state index contributed by atoms with van der Waals surface area (Å²) in [6.45, 7) is 0. The molecule has 6 fully saturated rings. The number of pyridine rings is 6. The van der Waals surface area contributed by atoms with Crippen LogP contribution in [0.2, 0.25) is 0 Å². The van der Waals surface area contributed by atoms with Gasteiger partial charge in [-0.2, -0.15) is 0 Å². The fourth-order valence-electron chi connectivity index (χ4n) is 25.3. The fraction of sp³-hybridized carbons (Fsp3) is 0.519. The van der Waals surface area contributed by atoms with E-state index in [1.54, 1.807) is 24.8 Å². The molecule has 736 valence electrons. The van der Waals surface area contributed by atoms with Gasteiger partial charge in [-0.3, -0.25) is 49.1 Å². The second-order valence-electron chi connectivity index (χ2n) is 41.4. The van der Waals surface area contributed by atoms with Gasteiger partial charge in [0.1, 0.15) is 0 Å². The highest BCUT2D eigenvalue weighted by Gasteiger charge is 2.43. The molecule has 12 aliphatic rings. The number of amides is 4. The molecule has 0 aromatic carbocycles. The molecule has 140 heavy (non-hydrogen) atoms. The summed E-state index contributed by atoms with van der Waals surface area (Å²) in [5.41, 5.74) is 41.0. The summed E-state index contributed by atoms with van der Waals surface area (Å²) in [5.74, 6) is 1.36. The second kappa shape index (κ2) is 43.9. The lowest BCUT2D eigenvalue weighted by Crippen LogP contribution is -2.32. The summed E-state index contributed by atoms with van der Waals surface area (Å²) < 4.78 is 12.8. The molecule has 6 saturated carbocycles. The molecule has 0 bridgehead atoms. The Hall–Kier alpha value is -12.2. The Labute approximate surface area is 816 Å². The van der Waals surface area contributed by atoms with Crippen LogP contribution in [0.3, 0.4) is 0 Å². The Morgan fingerprint density at radius 2 is 0.443 bits per heavy atom. The zero-order valence-corrected chi connectivity index (χ0v) is 79.7. The number of primary amides is 4. The monoisotopic (exact) mass is 1900 g/mol. The number of rotatable bonds is 24. The van der Waals surface area contributed by atoms with Crippen molar-refractivity contribution in [3.63, 3.8) is 0 Å². The molecule has 12 aromatic heterocycles. The minimum Gasteiger partial charge on any atom is -0.393 e. The van der Waals surface area contributed by atoms with Gasteiger partial charge in [-0.25, -0.2) is 29.9 Å². The van der Waals surface area contributed by atoms with Gasteiger partial charge < -0.3 is 81.0 Å². The topological polar surface area (TPSA) is 478 Å². The Kier molecular flexibility index (Phi) is 30.3. The number of carbonyl (C=O) groups excluding carboxylic acids is 4. The smallest absolute Gasteiger partial charge is 0.220 e. The zero-order valence-electron chi connectivity index (χ0n) is 79.7. The predicted molar refractivity (Wildman–Crippen MR) is 526 cm³/mol. The molecule has 4 amide bonds. The molecular formula is C108H134N22O10. The van der Waals surface area contributed by atoms with E-state index in [0.717, 1.165) is 230 Å². The van der Waals surface area contributed by atoms with E-state index < -0.39 is 24.4 Å². The number of nitrogens with two attached hydrogens (primary N) is 4. The lowest BCUT2D eigenvalue weighted by atomic mass is 9.77. The van der Waals surface area contributed by atoms with Crippen molar-refractivity contribution in [1.82, 2.24) is 87.2 Å². The average molecular weight is 1900 g/mol. The molecule has 18 heterocycles. The SMILES string of the molecule is NC(=O)C1CCC(C(O)CC2c3ncccc3-c3cncn32)CC1.NC(=O)C1CCC(C(O)CC2c3ncccc3-c3cncn32)CC1.NC(=O)C1CCC(C(O)CC2c3ncccc3-c3cncn32)CC1.NC(=O)C1CCC(C(O)CC2c3ncccc3-c3cncn32)CC1.OC(CC1CCCCC1)CC1c2ncccc2-c2cncn21.OC(CC1CCCCC1)CC1c2ncccc2-c2cncn21. The third-order valence-corrected chi connectivity index (χ3v) is 33.0. The van der Waals surface area contributed by atoms with Gasteiger partial charge in [0, 0.05) is 120 Å². The Balaban J connectivity index is 0.000000107. The van der Waals surface area contributed by atoms with Crippen molar-refractivity contribution >= 4 is 23.6 Å². The predicted octanol–water partition coefficient (Wildman–Crippen LogP) is 14.7. The van der Waals surface area contributed by atoms with E-state index in [9.17, 15) is 49.8 Å². The quantitative estimate of drug-likeness (QED) is 0.0269. The Morgan fingerprint density at radius 3 is 0.629 bits per heavy atom. The van der Waals surface area contributed by atoms with Crippen LogP contribution < -0.4 is 22.9 Å². The minimum absolute atomic E-state index is 0.0254. The van der Waals surface area contributed by atoms with E-state index in [1.807, 2.05) is 124 Å². The summed E-state index contributed by atoms with van der Waals surface area (Å²) in [7, 11) is 0. The number of aliphatic hydroxyl groups excluding tert-OH is 6. The summed E-state index contributed by atoms with van der Waals surface area (Å²) >= 11 is 0. The van der Waals surface area contributed by atoms with Gasteiger partial charge in [0.05, 0.1) is 216 Å².